The predicted octanol–water partition coefficient (Wildman–Crippen LogP) is 8.44. The highest BCUT2D eigenvalue weighted by atomic mass is 16.5. The Hall–Kier alpha value is -5.88. The van der Waals surface area contributed by atoms with E-state index in [9.17, 15) is 0 Å². The van der Waals surface area contributed by atoms with Crippen molar-refractivity contribution in [3.8, 4) is 28.3 Å². The molecule has 0 spiro atoms. The van der Waals surface area contributed by atoms with Crippen LogP contribution in [0.3, 0.4) is 0 Å². The molecule has 46 heavy (non-hydrogen) atoms. The lowest BCUT2D eigenvalue weighted by atomic mass is 9.77. The summed E-state index contributed by atoms with van der Waals surface area (Å²) < 4.78 is 8.07. The standard InChI is InChI=1S/C40H33N5O/c1-29-26-36(27-30(2)41-29)46-28-31-22-24-32(25-23-31)37-20-12-13-21-38(37)39-42-43-44-45(39)40(33-14-6-3-7-15-33,34-16-8-4-9-17-34)35-18-10-5-11-19-35/h3-27H,28H2,1-2H3. The van der Waals surface area contributed by atoms with Crippen LogP contribution in [0.2, 0.25) is 0 Å². The number of benzene rings is 5. The molecule has 0 atom stereocenters. The van der Waals surface area contributed by atoms with Gasteiger partial charge < -0.3 is 4.74 Å². The second-order valence-electron chi connectivity index (χ2n) is 11.3. The Morgan fingerprint density at radius 3 is 1.63 bits per heavy atom. The number of hydrogen-bond acceptors (Lipinski definition) is 5. The summed E-state index contributed by atoms with van der Waals surface area (Å²) in [4.78, 5) is 4.44. The van der Waals surface area contributed by atoms with E-state index in [-0.39, 0.29) is 0 Å². The molecule has 0 radical (unpaired) electrons. The number of tetrazole rings is 1. The third kappa shape index (κ3) is 5.46. The van der Waals surface area contributed by atoms with Crippen LogP contribution in [-0.4, -0.2) is 25.2 Å². The Morgan fingerprint density at radius 2 is 1.09 bits per heavy atom. The van der Waals surface area contributed by atoms with Crippen molar-refractivity contribution in [2.24, 2.45) is 0 Å². The molecule has 7 rings (SSSR count). The highest BCUT2D eigenvalue weighted by Gasteiger charge is 2.42. The van der Waals surface area contributed by atoms with Gasteiger partial charge in [0.25, 0.3) is 0 Å². The van der Waals surface area contributed by atoms with E-state index in [0.717, 1.165) is 56.1 Å². The van der Waals surface area contributed by atoms with Crippen molar-refractivity contribution in [1.29, 1.82) is 0 Å². The summed E-state index contributed by atoms with van der Waals surface area (Å²) in [5.74, 6) is 1.49. The molecule has 0 N–H and O–H groups in total. The molecule has 0 saturated heterocycles. The van der Waals surface area contributed by atoms with Crippen LogP contribution in [-0.2, 0) is 12.1 Å². The number of nitrogens with zero attached hydrogens (tertiary/aromatic N) is 5. The fourth-order valence-electron chi connectivity index (χ4n) is 6.24. The van der Waals surface area contributed by atoms with Crippen molar-refractivity contribution in [1.82, 2.24) is 25.2 Å². The molecule has 5 aromatic carbocycles. The molecule has 0 unspecified atom stereocenters. The van der Waals surface area contributed by atoms with E-state index in [1.54, 1.807) is 0 Å². The van der Waals surface area contributed by atoms with E-state index in [4.69, 9.17) is 9.95 Å². The second kappa shape index (κ2) is 12.6. The highest BCUT2D eigenvalue weighted by molar-refractivity contribution is 5.81. The molecule has 0 aliphatic rings. The molecule has 0 aliphatic heterocycles. The zero-order valence-electron chi connectivity index (χ0n) is 25.8. The van der Waals surface area contributed by atoms with Crippen LogP contribution in [0.25, 0.3) is 22.5 Å². The lowest BCUT2D eigenvalue weighted by molar-refractivity contribution is 0.305. The maximum atomic E-state index is 6.09. The molecule has 0 aliphatic carbocycles. The summed E-state index contributed by atoms with van der Waals surface area (Å²) >= 11 is 0. The van der Waals surface area contributed by atoms with Gasteiger partial charge in [0.1, 0.15) is 17.9 Å². The molecule has 224 valence electrons. The first-order chi connectivity index (χ1) is 22.6. The molecule has 2 heterocycles. The van der Waals surface area contributed by atoms with Gasteiger partial charge in [0.15, 0.2) is 5.82 Å². The van der Waals surface area contributed by atoms with Gasteiger partial charge in [0, 0.05) is 29.1 Å². The second-order valence-corrected chi connectivity index (χ2v) is 11.3. The van der Waals surface area contributed by atoms with E-state index in [1.807, 2.05) is 54.9 Å². The van der Waals surface area contributed by atoms with E-state index in [1.165, 1.54) is 0 Å². The van der Waals surface area contributed by atoms with Crippen molar-refractivity contribution >= 4 is 0 Å². The van der Waals surface area contributed by atoms with Crippen LogP contribution < -0.4 is 4.74 Å². The maximum absolute atomic E-state index is 6.09. The maximum Gasteiger partial charge on any atom is 0.184 e. The molecule has 2 aromatic heterocycles. The predicted molar refractivity (Wildman–Crippen MR) is 181 cm³/mol. The van der Waals surface area contributed by atoms with Crippen LogP contribution in [0, 0.1) is 13.8 Å². The highest BCUT2D eigenvalue weighted by Crippen LogP contribution is 2.43. The first-order valence-corrected chi connectivity index (χ1v) is 15.3. The van der Waals surface area contributed by atoms with Crippen molar-refractivity contribution in [3.63, 3.8) is 0 Å². The number of aryl methyl sites for hydroxylation is 2. The molecule has 6 nitrogen and oxygen atoms in total. The molecule has 0 saturated carbocycles. The van der Waals surface area contributed by atoms with Crippen LogP contribution in [0.4, 0.5) is 0 Å². The Labute approximate surface area is 269 Å². The van der Waals surface area contributed by atoms with E-state index < -0.39 is 5.54 Å². The van der Waals surface area contributed by atoms with Gasteiger partial charge in [-0.15, -0.1) is 5.10 Å². The Morgan fingerprint density at radius 1 is 0.587 bits per heavy atom. The van der Waals surface area contributed by atoms with Crippen molar-refractivity contribution in [3.05, 3.63) is 185 Å². The van der Waals surface area contributed by atoms with Gasteiger partial charge in [-0.05, 0) is 57.7 Å². The molecule has 0 amide bonds. The molecule has 6 heteroatoms. The average Bonchev–Trinajstić information content (AvgIpc) is 3.59. The average molecular weight is 600 g/mol. The normalized spacial score (nSPS) is 11.3. The van der Waals surface area contributed by atoms with Crippen molar-refractivity contribution < 1.29 is 4.74 Å². The summed E-state index contributed by atoms with van der Waals surface area (Å²) in [5.41, 5.74) is 8.34. The van der Waals surface area contributed by atoms with E-state index >= 15 is 0 Å². The molecular weight excluding hydrogens is 566 g/mol. The molecule has 0 bridgehead atoms. The fourth-order valence-corrected chi connectivity index (χ4v) is 6.24. The monoisotopic (exact) mass is 599 g/mol. The Kier molecular flexibility index (Phi) is 7.92. The number of rotatable bonds is 9. The molecular formula is C40H33N5O. The minimum atomic E-state index is -0.833. The SMILES string of the molecule is Cc1cc(OCc2ccc(-c3ccccc3-c3nnnn3C(c3ccccc3)(c3ccccc3)c3ccccc3)cc2)cc(C)n1. The van der Waals surface area contributed by atoms with Crippen LogP contribution in [0.15, 0.2) is 152 Å². The van der Waals surface area contributed by atoms with Gasteiger partial charge in [0.05, 0.1) is 0 Å². The van der Waals surface area contributed by atoms with Crippen molar-refractivity contribution in [2.45, 2.75) is 26.0 Å². The minimum absolute atomic E-state index is 0.469. The third-order valence-corrected chi connectivity index (χ3v) is 8.26. The summed E-state index contributed by atoms with van der Waals surface area (Å²) in [6.07, 6.45) is 0. The number of hydrogen-bond donors (Lipinski definition) is 0. The van der Waals surface area contributed by atoms with Gasteiger partial charge in [-0.3, -0.25) is 4.98 Å². The number of pyridine rings is 1. The first-order valence-electron chi connectivity index (χ1n) is 15.3. The Balaban J connectivity index is 1.33. The van der Waals surface area contributed by atoms with Crippen molar-refractivity contribution in [2.75, 3.05) is 0 Å². The quantitative estimate of drug-likeness (QED) is 0.156. The Bertz CT molecular complexity index is 1940. The minimum Gasteiger partial charge on any atom is -0.489 e. The third-order valence-electron chi connectivity index (χ3n) is 8.26. The zero-order valence-corrected chi connectivity index (χ0v) is 25.8. The van der Waals surface area contributed by atoms with Gasteiger partial charge in [0.2, 0.25) is 0 Å². The van der Waals surface area contributed by atoms with Gasteiger partial charge in [-0.1, -0.05) is 140 Å². The summed E-state index contributed by atoms with van der Waals surface area (Å²) in [7, 11) is 0. The van der Waals surface area contributed by atoms with Crippen LogP contribution >= 0.6 is 0 Å². The van der Waals surface area contributed by atoms with Gasteiger partial charge >= 0.3 is 0 Å². The number of aromatic nitrogens is 5. The van der Waals surface area contributed by atoms with E-state index in [2.05, 4.69) is 131 Å². The van der Waals surface area contributed by atoms with Crippen LogP contribution in [0.1, 0.15) is 33.6 Å². The van der Waals surface area contributed by atoms with Gasteiger partial charge in [-0.2, -0.15) is 0 Å². The van der Waals surface area contributed by atoms with Crippen LogP contribution in [0.5, 0.6) is 5.75 Å². The lowest BCUT2D eigenvalue weighted by Gasteiger charge is -2.36. The first kappa shape index (κ1) is 28.9. The molecule has 0 fully saturated rings. The van der Waals surface area contributed by atoms with E-state index in [0.29, 0.717) is 12.4 Å². The van der Waals surface area contributed by atoms with Gasteiger partial charge in [-0.25, -0.2) is 4.68 Å². The summed E-state index contributed by atoms with van der Waals surface area (Å²) in [6, 6.07) is 52.1. The smallest absolute Gasteiger partial charge is 0.184 e. The lowest BCUT2D eigenvalue weighted by Crippen LogP contribution is -2.39. The fraction of sp³-hybridized carbons (Fsp3) is 0.100. The number of ether oxygens (including phenoxy) is 1. The summed E-state index contributed by atoms with van der Waals surface area (Å²) in [5, 5.41) is 13.7. The topological polar surface area (TPSA) is 65.7 Å². The zero-order chi connectivity index (χ0) is 31.3. The largest absolute Gasteiger partial charge is 0.489 e. The molecule has 7 aromatic rings. The summed E-state index contributed by atoms with van der Waals surface area (Å²) in [6.45, 7) is 4.43.